The first-order chi connectivity index (χ1) is 8.42. The van der Waals surface area contributed by atoms with Gasteiger partial charge in [-0.2, -0.15) is 0 Å². The van der Waals surface area contributed by atoms with Gasteiger partial charge in [-0.25, -0.2) is 0 Å². The Morgan fingerprint density at radius 3 is 2.39 bits per heavy atom. The fourth-order valence-corrected chi connectivity index (χ4v) is 3.01. The second-order valence-corrected chi connectivity index (χ2v) is 9.96. The molecular weight excluding hydrogens is 236 g/mol. The van der Waals surface area contributed by atoms with Crippen molar-refractivity contribution in [1.29, 1.82) is 0 Å². The molecule has 1 nitrogen and oxygen atoms in total. The normalized spacial score (nSPS) is 14.1. The van der Waals surface area contributed by atoms with Crippen molar-refractivity contribution in [3.05, 3.63) is 60.4 Å². The van der Waals surface area contributed by atoms with E-state index in [1.54, 1.807) is 0 Å². The van der Waals surface area contributed by atoms with Crippen LogP contribution in [0.15, 0.2) is 54.8 Å². The van der Waals surface area contributed by atoms with Gasteiger partial charge in [-0.15, -0.1) is 6.58 Å². The summed E-state index contributed by atoms with van der Waals surface area (Å²) >= 11 is 0. The lowest BCUT2D eigenvalue weighted by atomic mass is 9.95. The third-order valence-corrected chi connectivity index (χ3v) is 3.49. The Bertz CT molecular complexity index is 401. The van der Waals surface area contributed by atoms with Crippen LogP contribution in [-0.2, 0) is 4.43 Å². The van der Waals surface area contributed by atoms with Gasteiger partial charge in [-0.05, 0) is 44.6 Å². The molecule has 0 bridgehead atoms. The molecule has 98 valence electrons. The minimum atomic E-state index is -1.51. The van der Waals surface area contributed by atoms with Crippen molar-refractivity contribution in [3.63, 3.8) is 0 Å². The van der Waals surface area contributed by atoms with E-state index >= 15 is 0 Å². The molecule has 1 atom stereocenters. The zero-order valence-electron chi connectivity index (χ0n) is 11.9. The van der Waals surface area contributed by atoms with Crippen molar-refractivity contribution in [3.8, 4) is 0 Å². The monoisotopic (exact) mass is 260 g/mol. The highest BCUT2D eigenvalue weighted by atomic mass is 28.4. The second-order valence-electron chi connectivity index (χ2n) is 5.53. The predicted molar refractivity (Wildman–Crippen MR) is 82.2 cm³/mol. The van der Waals surface area contributed by atoms with E-state index in [1.807, 2.05) is 12.1 Å². The molecule has 0 heterocycles. The molecule has 2 heteroatoms. The molecule has 0 saturated carbocycles. The molecule has 0 radical (unpaired) electrons. The lowest BCUT2D eigenvalue weighted by molar-refractivity contribution is 0.419. The molecule has 0 N–H and O–H groups in total. The van der Waals surface area contributed by atoms with E-state index in [9.17, 15) is 0 Å². The van der Waals surface area contributed by atoms with Crippen molar-refractivity contribution >= 4 is 8.32 Å². The van der Waals surface area contributed by atoms with Gasteiger partial charge in [-0.3, -0.25) is 0 Å². The molecule has 0 fully saturated rings. The number of rotatable bonds is 6. The summed E-state index contributed by atoms with van der Waals surface area (Å²) in [4.78, 5) is 0. The van der Waals surface area contributed by atoms with Crippen molar-refractivity contribution < 1.29 is 4.43 Å². The van der Waals surface area contributed by atoms with E-state index in [2.05, 4.69) is 63.5 Å². The average Bonchev–Trinajstić information content (AvgIpc) is 2.27. The van der Waals surface area contributed by atoms with Gasteiger partial charge < -0.3 is 4.43 Å². The zero-order valence-corrected chi connectivity index (χ0v) is 12.9. The number of hydrogen-bond acceptors (Lipinski definition) is 1. The van der Waals surface area contributed by atoms with Crippen molar-refractivity contribution in [2.75, 3.05) is 0 Å². The molecule has 0 aliphatic rings. The predicted octanol–water partition coefficient (Wildman–Crippen LogP) is 5.10. The molecule has 0 saturated heterocycles. The smallest absolute Gasteiger partial charge is 0.241 e. The van der Waals surface area contributed by atoms with E-state index in [4.69, 9.17) is 4.43 Å². The fourth-order valence-electron chi connectivity index (χ4n) is 1.98. The molecule has 0 aliphatic heterocycles. The molecule has 1 rings (SSSR count). The Morgan fingerprint density at radius 1 is 1.28 bits per heavy atom. The highest BCUT2D eigenvalue weighted by Crippen LogP contribution is 2.24. The first-order valence-electron chi connectivity index (χ1n) is 6.45. The lowest BCUT2D eigenvalue weighted by Gasteiger charge is -2.21. The second kappa shape index (κ2) is 6.60. The summed E-state index contributed by atoms with van der Waals surface area (Å²) in [7, 11) is -1.51. The summed E-state index contributed by atoms with van der Waals surface area (Å²) in [6.07, 6.45) is 5.13. The molecule has 1 aromatic carbocycles. The maximum absolute atomic E-state index is 6.00. The van der Waals surface area contributed by atoms with Crippen LogP contribution in [0.5, 0.6) is 0 Å². The van der Waals surface area contributed by atoms with Crippen LogP contribution in [0.4, 0.5) is 0 Å². The summed E-state index contributed by atoms with van der Waals surface area (Å²) in [5, 5.41) is 0. The largest absolute Gasteiger partial charge is 0.548 e. The van der Waals surface area contributed by atoms with E-state index in [-0.39, 0.29) is 0 Å². The SMILES string of the molecule is C=CCC(/C=C(/C)O[Si](C)(C)C)c1ccccc1. The van der Waals surface area contributed by atoms with Crippen LogP contribution in [-0.4, -0.2) is 8.32 Å². The van der Waals surface area contributed by atoms with Crippen LogP contribution < -0.4 is 0 Å². The highest BCUT2D eigenvalue weighted by molar-refractivity contribution is 6.70. The Kier molecular flexibility index (Phi) is 5.42. The van der Waals surface area contributed by atoms with Gasteiger partial charge in [0.25, 0.3) is 0 Å². The van der Waals surface area contributed by atoms with E-state index in [1.165, 1.54) is 5.56 Å². The maximum atomic E-state index is 6.00. The highest BCUT2D eigenvalue weighted by Gasteiger charge is 2.16. The van der Waals surface area contributed by atoms with Gasteiger partial charge in [0.15, 0.2) is 0 Å². The van der Waals surface area contributed by atoms with Crippen molar-refractivity contribution in [2.24, 2.45) is 0 Å². The third-order valence-electron chi connectivity index (χ3n) is 2.55. The molecule has 18 heavy (non-hydrogen) atoms. The molecule has 0 amide bonds. The van der Waals surface area contributed by atoms with Gasteiger partial charge in [0.1, 0.15) is 0 Å². The van der Waals surface area contributed by atoms with Crippen molar-refractivity contribution in [2.45, 2.75) is 38.9 Å². The van der Waals surface area contributed by atoms with Crippen LogP contribution in [0.25, 0.3) is 0 Å². The molecule has 0 spiro atoms. The van der Waals surface area contributed by atoms with E-state index < -0.39 is 8.32 Å². The van der Waals surface area contributed by atoms with Gasteiger partial charge in [0.2, 0.25) is 8.32 Å². The minimum absolute atomic E-state index is 0.361. The van der Waals surface area contributed by atoms with Crippen LogP contribution in [0.1, 0.15) is 24.8 Å². The quantitative estimate of drug-likeness (QED) is 0.393. The van der Waals surface area contributed by atoms with Crippen LogP contribution in [0.2, 0.25) is 19.6 Å². The minimum Gasteiger partial charge on any atom is -0.548 e. The van der Waals surface area contributed by atoms with Crippen LogP contribution in [0, 0.1) is 0 Å². The van der Waals surface area contributed by atoms with Gasteiger partial charge in [0.05, 0.1) is 5.76 Å². The average molecular weight is 260 g/mol. The molecule has 0 aliphatic carbocycles. The standard InChI is InChI=1S/C16H24OSi/c1-6-10-16(15-11-8-7-9-12-15)13-14(2)17-18(3,4)5/h6-9,11-13,16H,1,10H2,2-5H3/b14-13-. The van der Waals surface area contributed by atoms with E-state index in [0.29, 0.717) is 5.92 Å². The van der Waals surface area contributed by atoms with Gasteiger partial charge >= 0.3 is 0 Å². The molecule has 1 unspecified atom stereocenters. The first-order valence-corrected chi connectivity index (χ1v) is 9.86. The molecule has 0 aromatic heterocycles. The Hall–Kier alpha value is -1.28. The summed E-state index contributed by atoms with van der Waals surface area (Å²) in [6, 6.07) is 10.5. The third kappa shape index (κ3) is 5.37. The fraction of sp³-hybridized carbons (Fsp3) is 0.375. The van der Waals surface area contributed by atoms with Crippen LogP contribution in [0.3, 0.4) is 0 Å². The summed E-state index contributed by atoms with van der Waals surface area (Å²) < 4.78 is 6.00. The zero-order chi connectivity index (χ0) is 13.6. The summed E-state index contributed by atoms with van der Waals surface area (Å²) in [5.41, 5.74) is 1.32. The Labute approximate surface area is 112 Å². The first kappa shape index (κ1) is 14.8. The Morgan fingerprint density at radius 2 is 1.89 bits per heavy atom. The van der Waals surface area contributed by atoms with Crippen molar-refractivity contribution in [1.82, 2.24) is 0 Å². The number of hydrogen-bond donors (Lipinski definition) is 0. The van der Waals surface area contributed by atoms with Gasteiger partial charge in [-0.1, -0.05) is 36.4 Å². The lowest BCUT2D eigenvalue weighted by Crippen LogP contribution is -2.24. The van der Waals surface area contributed by atoms with E-state index in [0.717, 1.165) is 12.2 Å². The van der Waals surface area contributed by atoms with Crippen LogP contribution >= 0.6 is 0 Å². The number of allylic oxidation sites excluding steroid dienone is 3. The summed E-state index contributed by atoms with van der Waals surface area (Å²) in [5.74, 6) is 1.39. The molecular formula is C16H24OSi. The molecule has 1 aromatic rings. The Balaban J connectivity index is 2.87. The topological polar surface area (TPSA) is 9.23 Å². The number of benzene rings is 1. The maximum Gasteiger partial charge on any atom is 0.241 e. The summed E-state index contributed by atoms with van der Waals surface area (Å²) in [6.45, 7) is 12.5. The van der Waals surface area contributed by atoms with Gasteiger partial charge in [0, 0.05) is 5.92 Å².